The Morgan fingerprint density at radius 3 is 3.00 bits per heavy atom. The van der Waals surface area contributed by atoms with E-state index < -0.39 is 0 Å². The van der Waals surface area contributed by atoms with E-state index in [0.29, 0.717) is 11.9 Å². The van der Waals surface area contributed by atoms with Gasteiger partial charge in [-0.15, -0.1) is 0 Å². The van der Waals surface area contributed by atoms with Gasteiger partial charge in [-0.2, -0.15) is 0 Å². The first kappa shape index (κ1) is 11.7. The molecule has 1 aromatic carbocycles. The second-order valence-corrected chi connectivity index (χ2v) is 5.31. The summed E-state index contributed by atoms with van der Waals surface area (Å²) in [5, 5.41) is 8.16. The zero-order chi connectivity index (χ0) is 12.7. The Bertz CT molecular complexity index is 486. The summed E-state index contributed by atoms with van der Waals surface area (Å²) >= 11 is 0. The van der Waals surface area contributed by atoms with Crippen LogP contribution in [0.2, 0.25) is 0 Å². The van der Waals surface area contributed by atoms with E-state index in [1.165, 1.54) is 25.0 Å². The van der Waals surface area contributed by atoms with Crippen molar-refractivity contribution in [2.24, 2.45) is 0 Å². The van der Waals surface area contributed by atoms with Crippen LogP contribution in [-0.4, -0.2) is 41.8 Å². The van der Waals surface area contributed by atoms with Crippen LogP contribution in [0.1, 0.15) is 24.0 Å². The first-order chi connectivity index (χ1) is 8.65. The third-order valence-electron chi connectivity index (χ3n) is 4.11. The first-order valence-corrected chi connectivity index (χ1v) is 6.47. The topological polar surface area (TPSA) is 30.3 Å². The lowest BCUT2D eigenvalue weighted by Gasteiger charge is -2.26. The molecule has 1 fully saturated rings. The lowest BCUT2D eigenvalue weighted by Crippen LogP contribution is -2.38. The number of fused-ring (bicyclic) bond motifs is 1. The summed E-state index contributed by atoms with van der Waals surface area (Å²) < 4.78 is 13.2. The van der Waals surface area contributed by atoms with E-state index in [1.807, 2.05) is 0 Å². The largest absolute Gasteiger partial charge is 0.351 e. The highest BCUT2D eigenvalue weighted by Gasteiger charge is 2.29. The van der Waals surface area contributed by atoms with Crippen molar-refractivity contribution in [1.29, 1.82) is 5.41 Å². The first-order valence-electron chi connectivity index (χ1n) is 6.47. The highest BCUT2D eigenvalue weighted by atomic mass is 19.1. The minimum Gasteiger partial charge on any atom is -0.351 e. The molecule has 0 bridgehead atoms. The quantitative estimate of drug-likeness (QED) is 0.867. The molecule has 1 N–H and O–H groups in total. The number of nitrogens with zero attached hydrogens (tertiary/aromatic N) is 2. The summed E-state index contributed by atoms with van der Waals surface area (Å²) in [5.74, 6) is 0.225. The molecule has 0 aromatic heterocycles. The van der Waals surface area contributed by atoms with E-state index in [9.17, 15) is 4.39 Å². The normalized spacial score (nSPS) is 23.8. The van der Waals surface area contributed by atoms with Crippen LogP contribution in [0.3, 0.4) is 0 Å². The highest BCUT2D eigenvalue weighted by Crippen LogP contribution is 2.25. The number of likely N-dealkylation sites (N-methyl/N-ethyl adjacent to an activating group) is 1. The van der Waals surface area contributed by atoms with Crippen molar-refractivity contribution < 1.29 is 4.39 Å². The Balaban J connectivity index is 1.76. The number of benzene rings is 1. The number of amidine groups is 1. The van der Waals surface area contributed by atoms with Gasteiger partial charge in [0.05, 0.1) is 0 Å². The van der Waals surface area contributed by atoms with Crippen molar-refractivity contribution in [3.8, 4) is 0 Å². The molecular weight excluding hydrogens is 229 g/mol. The average molecular weight is 247 g/mol. The second kappa shape index (κ2) is 4.35. The summed E-state index contributed by atoms with van der Waals surface area (Å²) in [6.07, 6.45) is 2.44. The van der Waals surface area contributed by atoms with Crippen LogP contribution in [0, 0.1) is 11.2 Å². The molecule has 0 saturated carbocycles. The van der Waals surface area contributed by atoms with Gasteiger partial charge in [0.1, 0.15) is 11.7 Å². The Labute approximate surface area is 107 Å². The van der Waals surface area contributed by atoms with Gasteiger partial charge in [0.25, 0.3) is 0 Å². The molecule has 0 aliphatic carbocycles. The van der Waals surface area contributed by atoms with Gasteiger partial charge < -0.3 is 9.80 Å². The van der Waals surface area contributed by atoms with Crippen molar-refractivity contribution >= 4 is 5.84 Å². The Morgan fingerprint density at radius 1 is 1.44 bits per heavy atom. The average Bonchev–Trinajstić information content (AvgIpc) is 2.87. The maximum absolute atomic E-state index is 13.2. The predicted octanol–water partition coefficient (Wildman–Crippen LogP) is 2.06. The zero-order valence-corrected chi connectivity index (χ0v) is 10.6. The van der Waals surface area contributed by atoms with Gasteiger partial charge in [0.2, 0.25) is 0 Å². The maximum atomic E-state index is 13.2. The lowest BCUT2D eigenvalue weighted by molar-refractivity contribution is 0.252. The van der Waals surface area contributed by atoms with Gasteiger partial charge in [-0.05, 0) is 44.1 Å². The fraction of sp³-hybridized carbons (Fsp3) is 0.500. The van der Waals surface area contributed by atoms with Crippen molar-refractivity contribution in [3.63, 3.8) is 0 Å². The van der Waals surface area contributed by atoms with Crippen LogP contribution in [-0.2, 0) is 6.54 Å². The molecule has 2 heterocycles. The summed E-state index contributed by atoms with van der Waals surface area (Å²) in [7, 11) is 2.14. The smallest absolute Gasteiger partial charge is 0.128 e. The van der Waals surface area contributed by atoms with E-state index in [2.05, 4.69) is 16.8 Å². The van der Waals surface area contributed by atoms with Crippen LogP contribution in [0.15, 0.2) is 18.2 Å². The molecule has 0 amide bonds. The lowest BCUT2D eigenvalue weighted by atomic mass is 10.1. The van der Waals surface area contributed by atoms with Crippen LogP contribution < -0.4 is 0 Å². The van der Waals surface area contributed by atoms with Crippen LogP contribution in [0.4, 0.5) is 4.39 Å². The molecule has 1 saturated heterocycles. The molecule has 3 rings (SSSR count). The minimum absolute atomic E-state index is 0.252. The third kappa shape index (κ3) is 1.90. The number of halogens is 1. The van der Waals surface area contributed by atoms with Gasteiger partial charge in [0, 0.05) is 24.7 Å². The molecule has 0 radical (unpaired) electrons. The Morgan fingerprint density at radius 2 is 2.28 bits per heavy atom. The molecule has 96 valence electrons. The van der Waals surface area contributed by atoms with Gasteiger partial charge in [0.15, 0.2) is 0 Å². The number of nitrogens with one attached hydrogen (secondary N) is 1. The second-order valence-electron chi connectivity index (χ2n) is 5.31. The summed E-state index contributed by atoms with van der Waals surface area (Å²) in [6.45, 7) is 2.78. The molecular formula is C14H18FN3. The summed E-state index contributed by atoms with van der Waals surface area (Å²) in [4.78, 5) is 4.42. The minimum atomic E-state index is -0.252. The van der Waals surface area contributed by atoms with Crippen molar-refractivity contribution in [1.82, 2.24) is 9.80 Å². The Hall–Kier alpha value is -1.42. The van der Waals surface area contributed by atoms with Crippen LogP contribution >= 0.6 is 0 Å². The third-order valence-corrected chi connectivity index (χ3v) is 4.11. The van der Waals surface area contributed by atoms with Gasteiger partial charge in [-0.25, -0.2) is 4.39 Å². The van der Waals surface area contributed by atoms with Crippen molar-refractivity contribution in [2.45, 2.75) is 25.4 Å². The van der Waals surface area contributed by atoms with Gasteiger partial charge in [-0.3, -0.25) is 5.41 Å². The van der Waals surface area contributed by atoms with E-state index in [1.54, 1.807) is 6.07 Å². The van der Waals surface area contributed by atoms with E-state index in [-0.39, 0.29) is 5.82 Å². The standard InChI is InChI=1S/C14H18FN3/c1-17-6-2-3-12(17)9-18-8-10-4-5-11(15)7-13(10)14(18)16/h4-5,7,12,16H,2-3,6,8-9H2,1H3. The van der Waals surface area contributed by atoms with E-state index >= 15 is 0 Å². The number of hydrogen-bond acceptors (Lipinski definition) is 2. The van der Waals surface area contributed by atoms with Gasteiger partial charge in [-0.1, -0.05) is 6.07 Å². The molecule has 3 nitrogen and oxygen atoms in total. The van der Waals surface area contributed by atoms with E-state index in [4.69, 9.17) is 5.41 Å². The number of rotatable bonds is 2. The fourth-order valence-electron chi connectivity index (χ4n) is 2.98. The highest BCUT2D eigenvalue weighted by molar-refractivity contribution is 6.00. The molecule has 2 aliphatic rings. The van der Waals surface area contributed by atoms with Crippen molar-refractivity contribution in [3.05, 3.63) is 35.1 Å². The molecule has 1 unspecified atom stereocenters. The monoisotopic (exact) mass is 247 g/mol. The molecule has 1 atom stereocenters. The number of likely N-dealkylation sites (tertiary alicyclic amines) is 1. The number of hydrogen-bond donors (Lipinski definition) is 1. The molecule has 1 aromatic rings. The SMILES string of the molecule is CN1CCCC1CN1Cc2ccc(F)cc2C1=N. The fourth-order valence-corrected chi connectivity index (χ4v) is 2.98. The summed E-state index contributed by atoms with van der Waals surface area (Å²) in [6, 6.07) is 5.30. The van der Waals surface area contributed by atoms with Gasteiger partial charge >= 0.3 is 0 Å². The predicted molar refractivity (Wildman–Crippen MR) is 69.3 cm³/mol. The molecule has 2 aliphatic heterocycles. The van der Waals surface area contributed by atoms with Crippen LogP contribution in [0.5, 0.6) is 0 Å². The van der Waals surface area contributed by atoms with E-state index in [0.717, 1.165) is 30.8 Å². The van der Waals surface area contributed by atoms with Crippen molar-refractivity contribution in [2.75, 3.05) is 20.1 Å². The molecule has 4 heteroatoms. The Kier molecular flexibility index (Phi) is 2.82. The molecule has 18 heavy (non-hydrogen) atoms. The summed E-state index contributed by atoms with van der Waals surface area (Å²) in [5.41, 5.74) is 1.83. The van der Waals surface area contributed by atoms with Crippen LogP contribution in [0.25, 0.3) is 0 Å². The maximum Gasteiger partial charge on any atom is 0.128 e. The zero-order valence-electron chi connectivity index (χ0n) is 10.6. The molecule has 0 spiro atoms.